The number of nitrogens with one attached hydrogen (secondary N) is 1. The average molecular weight is 295 g/mol. The van der Waals surface area contributed by atoms with Crippen molar-refractivity contribution in [2.75, 3.05) is 13.1 Å². The van der Waals surface area contributed by atoms with Gasteiger partial charge in [0.1, 0.15) is 5.56 Å². The molecule has 0 aliphatic heterocycles. The van der Waals surface area contributed by atoms with E-state index in [1.807, 2.05) is 20.8 Å². The number of H-pyrrole nitrogens is 1. The van der Waals surface area contributed by atoms with Gasteiger partial charge >= 0.3 is 0 Å². The van der Waals surface area contributed by atoms with Gasteiger partial charge < -0.3 is 10.0 Å². The Morgan fingerprint density at radius 3 is 2.33 bits per heavy atom. The molecule has 0 saturated carbocycles. The van der Waals surface area contributed by atoms with Crippen LogP contribution >= 0.6 is 0 Å². The van der Waals surface area contributed by atoms with Crippen molar-refractivity contribution < 1.29 is 9.90 Å². The third kappa shape index (κ3) is 4.14. The van der Waals surface area contributed by atoms with E-state index in [4.69, 9.17) is 0 Å². The fourth-order valence-electron chi connectivity index (χ4n) is 2.37. The predicted molar refractivity (Wildman–Crippen MR) is 81.5 cm³/mol. The van der Waals surface area contributed by atoms with Crippen molar-refractivity contribution in [3.05, 3.63) is 27.2 Å². The molecule has 0 aromatic carbocycles. The zero-order valence-electron chi connectivity index (χ0n) is 13.5. The van der Waals surface area contributed by atoms with Gasteiger partial charge in [0.05, 0.1) is 11.3 Å². The van der Waals surface area contributed by atoms with Gasteiger partial charge in [0.15, 0.2) is 0 Å². The summed E-state index contributed by atoms with van der Waals surface area (Å²) in [6, 6.07) is 0. The van der Waals surface area contributed by atoms with Crippen molar-refractivity contribution in [3.8, 4) is 0 Å². The van der Waals surface area contributed by atoms with Crippen molar-refractivity contribution in [1.29, 1.82) is 0 Å². The van der Waals surface area contributed by atoms with Crippen molar-refractivity contribution in [3.63, 3.8) is 0 Å². The van der Waals surface area contributed by atoms with Crippen molar-refractivity contribution >= 4 is 5.91 Å². The Balaban J connectivity index is 3.31. The maximum absolute atomic E-state index is 12.7. The molecule has 0 aliphatic carbocycles. The number of rotatable bonds is 6. The Kier molecular flexibility index (Phi) is 5.66. The summed E-state index contributed by atoms with van der Waals surface area (Å²) < 4.78 is 0. The van der Waals surface area contributed by atoms with E-state index in [1.54, 1.807) is 13.8 Å². The second-order valence-electron chi connectivity index (χ2n) is 5.69. The lowest BCUT2D eigenvalue weighted by atomic mass is 10.0. The third-order valence-electron chi connectivity index (χ3n) is 3.32. The van der Waals surface area contributed by atoms with E-state index in [2.05, 4.69) is 10.2 Å². The minimum Gasteiger partial charge on any atom is -0.389 e. The summed E-state index contributed by atoms with van der Waals surface area (Å²) in [4.78, 5) is 26.2. The molecule has 1 heterocycles. The Labute approximate surface area is 125 Å². The van der Waals surface area contributed by atoms with Crippen molar-refractivity contribution in [2.45, 2.75) is 53.1 Å². The fraction of sp³-hybridized carbons (Fsp3) is 0.667. The van der Waals surface area contributed by atoms with E-state index < -0.39 is 11.2 Å². The third-order valence-corrected chi connectivity index (χ3v) is 3.32. The molecule has 0 bridgehead atoms. The zero-order valence-corrected chi connectivity index (χ0v) is 13.5. The SMILES string of the molecule is CCc1n[nH]c(=O)c(C(=O)N(CC)CC(C)(C)O)c1CC. The molecular weight excluding hydrogens is 270 g/mol. The average Bonchev–Trinajstić information content (AvgIpc) is 2.42. The summed E-state index contributed by atoms with van der Waals surface area (Å²) in [6.07, 6.45) is 1.22. The maximum atomic E-state index is 12.7. The van der Waals surface area contributed by atoms with Gasteiger partial charge in [-0.2, -0.15) is 5.10 Å². The predicted octanol–water partition coefficient (Wildman–Crippen LogP) is 1.13. The number of carbonyl (C=O) groups excluding carboxylic acids is 1. The highest BCUT2D eigenvalue weighted by atomic mass is 16.3. The maximum Gasteiger partial charge on any atom is 0.277 e. The molecule has 118 valence electrons. The van der Waals surface area contributed by atoms with Gasteiger partial charge in [-0.1, -0.05) is 13.8 Å². The molecule has 6 nitrogen and oxygen atoms in total. The standard InChI is InChI=1S/C15H25N3O3/c1-6-10-11(7-2)16-17-13(19)12(10)14(20)18(8-3)9-15(4,5)21/h21H,6-9H2,1-5H3,(H,17,19). The van der Waals surface area contributed by atoms with Crippen LogP contribution in [0.3, 0.4) is 0 Å². The Bertz CT molecular complexity index is 558. The normalized spacial score (nSPS) is 11.5. The lowest BCUT2D eigenvalue weighted by Crippen LogP contribution is -2.44. The lowest BCUT2D eigenvalue weighted by molar-refractivity contribution is 0.0313. The zero-order chi connectivity index (χ0) is 16.2. The summed E-state index contributed by atoms with van der Waals surface area (Å²) in [5, 5.41) is 16.3. The number of amides is 1. The minimum absolute atomic E-state index is 0.149. The van der Waals surface area contributed by atoms with Crippen LogP contribution in [0.1, 0.15) is 56.2 Å². The quantitative estimate of drug-likeness (QED) is 0.823. The van der Waals surface area contributed by atoms with E-state index in [1.165, 1.54) is 4.90 Å². The number of aromatic amines is 1. The molecule has 0 radical (unpaired) electrons. The van der Waals surface area contributed by atoms with Gasteiger partial charge in [-0.15, -0.1) is 0 Å². The molecule has 1 amide bonds. The van der Waals surface area contributed by atoms with Crippen LogP contribution in [0.4, 0.5) is 0 Å². The number of carbonyl (C=O) groups is 1. The second-order valence-corrected chi connectivity index (χ2v) is 5.69. The molecule has 2 N–H and O–H groups in total. The summed E-state index contributed by atoms with van der Waals surface area (Å²) in [7, 11) is 0. The van der Waals surface area contributed by atoms with E-state index in [-0.39, 0.29) is 18.0 Å². The second kappa shape index (κ2) is 6.85. The molecule has 6 heteroatoms. The molecule has 21 heavy (non-hydrogen) atoms. The Morgan fingerprint density at radius 2 is 1.90 bits per heavy atom. The van der Waals surface area contributed by atoms with Gasteiger partial charge in [-0.3, -0.25) is 9.59 Å². The molecule has 1 rings (SSSR count). The van der Waals surface area contributed by atoms with Crippen LogP contribution in [0, 0.1) is 0 Å². The van der Waals surface area contributed by atoms with Crippen molar-refractivity contribution in [1.82, 2.24) is 15.1 Å². The molecule has 0 saturated heterocycles. The van der Waals surface area contributed by atoms with Gasteiger partial charge in [0, 0.05) is 13.1 Å². The number of aliphatic hydroxyl groups is 1. The number of likely N-dealkylation sites (N-methyl/N-ethyl adjacent to an activating group) is 1. The Hall–Kier alpha value is -1.69. The van der Waals surface area contributed by atoms with Crippen LogP contribution in [-0.4, -0.2) is 44.8 Å². The van der Waals surface area contributed by atoms with Gasteiger partial charge in [0.25, 0.3) is 11.5 Å². The topological polar surface area (TPSA) is 86.3 Å². The van der Waals surface area contributed by atoms with Crippen LogP contribution in [0.15, 0.2) is 4.79 Å². The largest absolute Gasteiger partial charge is 0.389 e. The molecule has 0 atom stereocenters. The smallest absolute Gasteiger partial charge is 0.277 e. The summed E-state index contributed by atoms with van der Waals surface area (Å²) in [5.74, 6) is -0.352. The lowest BCUT2D eigenvalue weighted by Gasteiger charge is -2.28. The van der Waals surface area contributed by atoms with Crippen LogP contribution in [0.25, 0.3) is 0 Å². The van der Waals surface area contributed by atoms with E-state index in [0.29, 0.717) is 24.9 Å². The van der Waals surface area contributed by atoms with E-state index in [9.17, 15) is 14.7 Å². The van der Waals surface area contributed by atoms with E-state index in [0.717, 1.165) is 5.69 Å². The highest BCUT2D eigenvalue weighted by Gasteiger charge is 2.26. The Morgan fingerprint density at radius 1 is 1.29 bits per heavy atom. The first-order valence-electron chi connectivity index (χ1n) is 7.37. The van der Waals surface area contributed by atoms with Gasteiger partial charge in [-0.05, 0) is 39.2 Å². The molecule has 0 fully saturated rings. The van der Waals surface area contributed by atoms with Crippen LogP contribution < -0.4 is 5.56 Å². The van der Waals surface area contributed by atoms with Crippen LogP contribution in [-0.2, 0) is 12.8 Å². The van der Waals surface area contributed by atoms with Gasteiger partial charge in [0.2, 0.25) is 0 Å². The minimum atomic E-state index is -1.01. The molecule has 1 aromatic rings. The molecule has 0 aliphatic rings. The summed E-state index contributed by atoms with van der Waals surface area (Å²) in [6.45, 7) is 9.53. The van der Waals surface area contributed by atoms with Crippen LogP contribution in [0.5, 0.6) is 0 Å². The number of nitrogens with zero attached hydrogens (tertiary/aromatic N) is 2. The molecular formula is C15H25N3O3. The number of hydrogen-bond donors (Lipinski definition) is 2. The van der Waals surface area contributed by atoms with Crippen LogP contribution in [0.2, 0.25) is 0 Å². The summed E-state index contributed by atoms with van der Waals surface area (Å²) >= 11 is 0. The fourth-order valence-corrected chi connectivity index (χ4v) is 2.37. The molecule has 0 unspecified atom stereocenters. The highest BCUT2D eigenvalue weighted by molar-refractivity contribution is 5.95. The summed E-state index contributed by atoms with van der Waals surface area (Å²) in [5.41, 5.74) is 0.102. The number of aryl methyl sites for hydroxylation is 1. The van der Waals surface area contributed by atoms with Crippen molar-refractivity contribution in [2.24, 2.45) is 0 Å². The first-order valence-corrected chi connectivity index (χ1v) is 7.37. The first kappa shape index (κ1) is 17.4. The molecule has 1 aromatic heterocycles. The number of aromatic nitrogens is 2. The molecule has 0 spiro atoms. The number of hydrogen-bond acceptors (Lipinski definition) is 4. The van der Waals surface area contributed by atoms with Gasteiger partial charge in [-0.25, -0.2) is 5.10 Å². The first-order chi connectivity index (χ1) is 9.75. The van der Waals surface area contributed by atoms with E-state index >= 15 is 0 Å². The highest BCUT2D eigenvalue weighted by Crippen LogP contribution is 2.14. The monoisotopic (exact) mass is 295 g/mol.